The normalized spacial score (nSPS) is 32.6. The SMILES string of the molecule is CC1=C2[C@H](CCS2(=O)=O)CC2(C1)C(=O)OC(C)(C)OC2=O. The molecule has 2 heterocycles. The molecule has 3 aliphatic rings. The molecule has 0 bridgehead atoms. The molecule has 2 fully saturated rings. The Hall–Kier alpha value is -1.37. The first-order valence-corrected chi connectivity index (χ1v) is 8.62. The minimum Gasteiger partial charge on any atom is -0.422 e. The van der Waals surface area contributed by atoms with E-state index in [1.807, 2.05) is 0 Å². The molecule has 0 aromatic carbocycles. The second kappa shape index (κ2) is 4.09. The highest BCUT2D eigenvalue weighted by Crippen LogP contribution is 2.52. The number of ether oxygens (including phenoxy) is 2. The maximum Gasteiger partial charge on any atom is 0.327 e. The van der Waals surface area contributed by atoms with Crippen LogP contribution in [-0.4, -0.2) is 31.9 Å². The van der Waals surface area contributed by atoms with Gasteiger partial charge in [-0.15, -0.1) is 0 Å². The van der Waals surface area contributed by atoms with Crippen LogP contribution in [0.15, 0.2) is 10.5 Å². The van der Waals surface area contributed by atoms with Gasteiger partial charge in [-0.2, -0.15) is 0 Å². The summed E-state index contributed by atoms with van der Waals surface area (Å²) < 4.78 is 34.6. The van der Waals surface area contributed by atoms with Crippen LogP contribution in [0.5, 0.6) is 0 Å². The first kappa shape index (κ1) is 14.6. The predicted octanol–water partition coefficient (Wildman–Crippen LogP) is 1.31. The molecular formula is C14H18O6S. The molecule has 0 unspecified atom stereocenters. The van der Waals surface area contributed by atoms with Crippen LogP contribution in [0, 0.1) is 11.3 Å². The molecule has 0 amide bonds. The van der Waals surface area contributed by atoms with Crippen molar-refractivity contribution in [2.24, 2.45) is 11.3 Å². The van der Waals surface area contributed by atoms with Gasteiger partial charge in [-0.3, -0.25) is 9.59 Å². The van der Waals surface area contributed by atoms with Crippen molar-refractivity contribution in [2.75, 3.05) is 5.75 Å². The number of hydrogen-bond donors (Lipinski definition) is 0. The van der Waals surface area contributed by atoms with Crippen molar-refractivity contribution < 1.29 is 27.5 Å². The van der Waals surface area contributed by atoms with Crippen molar-refractivity contribution in [3.63, 3.8) is 0 Å². The number of hydrogen-bond acceptors (Lipinski definition) is 6. The summed E-state index contributed by atoms with van der Waals surface area (Å²) in [7, 11) is -3.23. The van der Waals surface area contributed by atoms with Gasteiger partial charge in [-0.05, 0) is 32.1 Å². The van der Waals surface area contributed by atoms with Crippen LogP contribution in [0.25, 0.3) is 0 Å². The lowest BCUT2D eigenvalue weighted by molar-refractivity contribution is -0.252. The lowest BCUT2D eigenvalue weighted by Gasteiger charge is -2.43. The largest absolute Gasteiger partial charge is 0.422 e. The first-order valence-electron chi connectivity index (χ1n) is 6.97. The average molecular weight is 314 g/mol. The average Bonchev–Trinajstić information content (AvgIpc) is 2.62. The predicted molar refractivity (Wildman–Crippen MR) is 72.5 cm³/mol. The summed E-state index contributed by atoms with van der Waals surface area (Å²) in [5, 5.41) is 0. The topological polar surface area (TPSA) is 86.7 Å². The summed E-state index contributed by atoms with van der Waals surface area (Å²) in [5.74, 6) is -2.68. The van der Waals surface area contributed by atoms with Crippen LogP contribution in [0.1, 0.15) is 40.0 Å². The van der Waals surface area contributed by atoms with E-state index in [0.717, 1.165) is 0 Å². The highest BCUT2D eigenvalue weighted by molar-refractivity contribution is 7.95. The molecule has 3 rings (SSSR count). The molecule has 2 aliphatic heterocycles. The summed E-state index contributed by atoms with van der Waals surface area (Å²) in [5.41, 5.74) is -0.800. The van der Waals surface area contributed by atoms with E-state index in [9.17, 15) is 18.0 Å². The summed E-state index contributed by atoms with van der Waals surface area (Å²) in [6.45, 7) is 4.69. The molecule has 0 aromatic heterocycles. The molecule has 21 heavy (non-hydrogen) atoms. The van der Waals surface area contributed by atoms with Crippen molar-refractivity contribution in [3.05, 3.63) is 10.5 Å². The van der Waals surface area contributed by atoms with Crippen LogP contribution in [0.3, 0.4) is 0 Å². The number of rotatable bonds is 0. The highest BCUT2D eigenvalue weighted by Gasteiger charge is 2.60. The van der Waals surface area contributed by atoms with E-state index >= 15 is 0 Å². The van der Waals surface area contributed by atoms with Crippen molar-refractivity contribution in [3.8, 4) is 0 Å². The van der Waals surface area contributed by atoms with E-state index in [1.165, 1.54) is 13.8 Å². The van der Waals surface area contributed by atoms with Crippen LogP contribution in [0.4, 0.5) is 0 Å². The molecule has 1 atom stereocenters. The van der Waals surface area contributed by atoms with Crippen molar-refractivity contribution in [1.29, 1.82) is 0 Å². The van der Waals surface area contributed by atoms with E-state index in [0.29, 0.717) is 16.9 Å². The van der Waals surface area contributed by atoms with Crippen LogP contribution in [0.2, 0.25) is 0 Å². The van der Waals surface area contributed by atoms with Crippen LogP contribution >= 0.6 is 0 Å². The van der Waals surface area contributed by atoms with Gasteiger partial charge < -0.3 is 9.47 Å². The number of carbonyl (C=O) groups excluding carboxylic acids is 2. The third-order valence-corrected chi connectivity index (χ3v) is 6.61. The monoisotopic (exact) mass is 314 g/mol. The molecule has 0 saturated carbocycles. The maximum atomic E-state index is 12.4. The smallest absolute Gasteiger partial charge is 0.327 e. The number of sulfone groups is 1. The van der Waals surface area contributed by atoms with Gasteiger partial charge >= 0.3 is 11.9 Å². The zero-order chi connectivity index (χ0) is 15.6. The Bertz CT molecular complexity index is 650. The second-order valence-corrected chi connectivity index (χ2v) is 8.67. The minimum absolute atomic E-state index is 0.0613. The summed E-state index contributed by atoms with van der Waals surface area (Å²) in [4.78, 5) is 25.2. The third-order valence-electron chi connectivity index (χ3n) is 4.48. The van der Waals surface area contributed by atoms with Gasteiger partial charge in [0.25, 0.3) is 5.79 Å². The number of cyclic esters (lactones) is 2. The molecule has 116 valence electrons. The van der Waals surface area contributed by atoms with Crippen LogP contribution in [-0.2, 0) is 28.9 Å². The highest BCUT2D eigenvalue weighted by atomic mass is 32.2. The van der Waals surface area contributed by atoms with E-state index in [-0.39, 0.29) is 24.5 Å². The fraction of sp³-hybridized carbons (Fsp3) is 0.714. The fourth-order valence-corrected chi connectivity index (χ4v) is 5.82. The summed E-state index contributed by atoms with van der Waals surface area (Å²) in [6, 6.07) is 0. The van der Waals surface area contributed by atoms with Gasteiger partial charge in [-0.25, -0.2) is 8.42 Å². The zero-order valence-corrected chi connectivity index (χ0v) is 13.1. The zero-order valence-electron chi connectivity index (χ0n) is 12.3. The molecule has 7 heteroatoms. The molecule has 1 spiro atoms. The van der Waals surface area contributed by atoms with E-state index < -0.39 is 33.0 Å². The number of fused-ring (bicyclic) bond motifs is 1. The van der Waals surface area contributed by atoms with Crippen molar-refractivity contribution in [2.45, 2.75) is 45.8 Å². The number of esters is 2. The molecule has 0 radical (unpaired) electrons. The molecule has 2 saturated heterocycles. The van der Waals surface area contributed by atoms with Gasteiger partial charge in [0.05, 0.1) is 5.75 Å². The van der Waals surface area contributed by atoms with Gasteiger partial charge in [-0.1, -0.05) is 5.57 Å². The van der Waals surface area contributed by atoms with E-state index in [2.05, 4.69) is 0 Å². The van der Waals surface area contributed by atoms with Gasteiger partial charge in [0.1, 0.15) is 0 Å². The molecule has 0 N–H and O–H groups in total. The second-order valence-electron chi connectivity index (χ2n) is 6.59. The standard InChI is InChI=1S/C14H18O6S/c1-8-6-14(7-9-4-5-21(17,18)10(8)9)11(15)19-13(2,3)20-12(14)16/h9H,4-7H2,1-3H3/t9-/m1/s1. The molecule has 0 aromatic rings. The Morgan fingerprint density at radius 1 is 1.14 bits per heavy atom. The third kappa shape index (κ3) is 2.01. The van der Waals surface area contributed by atoms with Crippen LogP contribution < -0.4 is 0 Å². The fourth-order valence-electron chi connectivity index (χ4n) is 3.69. The van der Waals surface area contributed by atoms with Gasteiger partial charge in [0.2, 0.25) is 0 Å². The van der Waals surface area contributed by atoms with Gasteiger partial charge in [0, 0.05) is 18.8 Å². The molecular weight excluding hydrogens is 296 g/mol. The number of carbonyl (C=O) groups is 2. The Balaban J connectivity index is 2.04. The van der Waals surface area contributed by atoms with E-state index in [4.69, 9.17) is 9.47 Å². The minimum atomic E-state index is -3.23. The first-order chi connectivity index (χ1) is 9.57. The Morgan fingerprint density at radius 2 is 1.71 bits per heavy atom. The summed E-state index contributed by atoms with van der Waals surface area (Å²) >= 11 is 0. The van der Waals surface area contributed by atoms with Crippen molar-refractivity contribution in [1.82, 2.24) is 0 Å². The maximum absolute atomic E-state index is 12.4. The Morgan fingerprint density at radius 3 is 2.29 bits per heavy atom. The van der Waals surface area contributed by atoms with Crippen molar-refractivity contribution >= 4 is 21.8 Å². The molecule has 1 aliphatic carbocycles. The quantitative estimate of drug-likeness (QED) is 0.495. The number of allylic oxidation sites excluding steroid dienone is 2. The Kier molecular flexibility index (Phi) is 2.84. The lowest BCUT2D eigenvalue weighted by atomic mass is 9.69. The van der Waals surface area contributed by atoms with E-state index in [1.54, 1.807) is 6.92 Å². The lowest BCUT2D eigenvalue weighted by Crippen LogP contribution is -2.55. The van der Waals surface area contributed by atoms with Gasteiger partial charge in [0.15, 0.2) is 15.3 Å². The Labute approximate surface area is 123 Å². The summed E-state index contributed by atoms with van der Waals surface area (Å²) in [6.07, 6.45) is 0.666. The molecule has 6 nitrogen and oxygen atoms in total.